The average molecular weight is 479 g/mol. The molecule has 0 saturated carbocycles. The maximum atomic E-state index is 12.7. The zero-order chi connectivity index (χ0) is 24.9. The number of nitrogens with zero attached hydrogens (tertiary/aromatic N) is 1. The second kappa shape index (κ2) is 10.3. The molecule has 1 N–H and O–H groups in total. The van der Waals surface area contributed by atoms with Crippen molar-refractivity contribution in [2.45, 2.75) is 20.4 Å². The molecule has 2 heterocycles. The predicted octanol–water partition coefficient (Wildman–Crippen LogP) is 3.05. The first kappa shape index (κ1) is 23.9. The number of esters is 1. The van der Waals surface area contributed by atoms with E-state index in [2.05, 4.69) is 5.32 Å². The maximum absolute atomic E-state index is 12.7. The van der Waals surface area contributed by atoms with E-state index >= 15 is 0 Å². The fraction of sp³-hybridized carbons (Fsp3) is 0.269. The lowest BCUT2D eigenvalue weighted by molar-refractivity contribution is -0.141. The molecule has 0 fully saturated rings. The van der Waals surface area contributed by atoms with Gasteiger partial charge >= 0.3 is 5.97 Å². The van der Waals surface area contributed by atoms with Gasteiger partial charge in [0.05, 0.1) is 7.11 Å². The van der Waals surface area contributed by atoms with Gasteiger partial charge in [-0.1, -0.05) is 6.07 Å². The van der Waals surface area contributed by atoms with Gasteiger partial charge in [0, 0.05) is 29.1 Å². The molecule has 0 aliphatic carbocycles. The summed E-state index contributed by atoms with van der Waals surface area (Å²) in [5.74, 6) is 0.594. The summed E-state index contributed by atoms with van der Waals surface area (Å²) in [5.41, 5.74) is 3.55. The first-order chi connectivity index (χ1) is 16.9. The van der Waals surface area contributed by atoms with Gasteiger partial charge in [0.1, 0.15) is 12.3 Å². The SMILES string of the molecule is COc1ccc(C(=O)NCC(=O)OCC(=O)c2cc(C)n(Cc3ccc4c(c3)OCO4)c2C)cc1. The number of hydrogen-bond donors (Lipinski definition) is 1. The van der Waals surface area contributed by atoms with Crippen molar-refractivity contribution in [1.29, 1.82) is 0 Å². The number of aromatic nitrogens is 1. The van der Waals surface area contributed by atoms with Crippen molar-refractivity contribution >= 4 is 17.7 Å². The second-order valence-electron chi connectivity index (χ2n) is 8.05. The van der Waals surface area contributed by atoms with Crippen LogP contribution in [0.3, 0.4) is 0 Å². The van der Waals surface area contributed by atoms with Gasteiger partial charge < -0.3 is 28.8 Å². The van der Waals surface area contributed by atoms with Crippen molar-refractivity contribution in [2.75, 3.05) is 27.1 Å². The molecule has 9 nitrogen and oxygen atoms in total. The number of ether oxygens (including phenoxy) is 4. The number of amides is 1. The lowest BCUT2D eigenvalue weighted by Crippen LogP contribution is -2.31. The molecule has 3 aromatic rings. The molecular formula is C26H26N2O7. The van der Waals surface area contributed by atoms with Crippen LogP contribution in [0.4, 0.5) is 0 Å². The van der Waals surface area contributed by atoms with Crippen LogP contribution in [0.1, 0.15) is 37.7 Å². The predicted molar refractivity (Wildman–Crippen MR) is 126 cm³/mol. The Morgan fingerprint density at radius 2 is 1.74 bits per heavy atom. The third kappa shape index (κ3) is 5.46. The second-order valence-corrected chi connectivity index (χ2v) is 8.05. The van der Waals surface area contributed by atoms with Gasteiger partial charge in [-0.3, -0.25) is 14.4 Å². The van der Waals surface area contributed by atoms with Crippen LogP contribution in [0.15, 0.2) is 48.5 Å². The highest BCUT2D eigenvalue weighted by Crippen LogP contribution is 2.33. The smallest absolute Gasteiger partial charge is 0.325 e. The van der Waals surface area contributed by atoms with E-state index in [1.54, 1.807) is 30.3 Å². The minimum absolute atomic E-state index is 0.211. The van der Waals surface area contributed by atoms with Gasteiger partial charge in [-0.15, -0.1) is 0 Å². The van der Waals surface area contributed by atoms with Crippen LogP contribution in [-0.4, -0.2) is 49.3 Å². The van der Waals surface area contributed by atoms with Crippen LogP contribution in [0.5, 0.6) is 17.2 Å². The number of benzene rings is 2. The van der Waals surface area contributed by atoms with E-state index in [1.807, 2.05) is 36.6 Å². The van der Waals surface area contributed by atoms with Crippen LogP contribution in [0, 0.1) is 13.8 Å². The molecule has 1 amide bonds. The maximum Gasteiger partial charge on any atom is 0.325 e. The van der Waals surface area contributed by atoms with E-state index < -0.39 is 18.5 Å². The van der Waals surface area contributed by atoms with Crippen molar-refractivity contribution in [3.63, 3.8) is 0 Å². The van der Waals surface area contributed by atoms with Crippen LogP contribution in [0.2, 0.25) is 0 Å². The normalized spacial score (nSPS) is 11.7. The van der Waals surface area contributed by atoms with Gasteiger partial charge in [-0.05, 0) is 61.9 Å². The third-order valence-corrected chi connectivity index (χ3v) is 5.76. The number of carbonyl (C=O) groups excluding carboxylic acids is 3. The molecule has 35 heavy (non-hydrogen) atoms. The van der Waals surface area contributed by atoms with Crippen molar-refractivity contribution in [3.8, 4) is 17.2 Å². The molecule has 182 valence electrons. The van der Waals surface area contributed by atoms with Crippen LogP contribution >= 0.6 is 0 Å². The number of nitrogens with one attached hydrogen (secondary N) is 1. The Morgan fingerprint density at radius 3 is 2.49 bits per heavy atom. The fourth-order valence-corrected chi connectivity index (χ4v) is 3.82. The number of aryl methyl sites for hydroxylation is 1. The highest BCUT2D eigenvalue weighted by Gasteiger charge is 2.19. The minimum atomic E-state index is -0.700. The molecule has 4 rings (SSSR count). The summed E-state index contributed by atoms with van der Waals surface area (Å²) in [4.78, 5) is 37.0. The molecule has 0 spiro atoms. The number of ketones is 1. The Hall–Kier alpha value is -4.27. The highest BCUT2D eigenvalue weighted by atomic mass is 16.7. The molecular weight excluding hydrogens is 452 g/mol. The van der Waals surface area contributed by atoms with Gasteiger partial charge in [0.2, 0.25) is 12.6 Å². The third-order valence-electron chi connectivity index (χ3n) is 5.76. The summed E-state index contributed by atoms with van der Waals surface area (Å²) < 4.78 is 22.9. The van der Waals surface area contributed by atoms with E-state index in [9.17, 15) is 14.4 Å². The largest absolute Gasteiger partial charge is 0.497 e. The van der Waals surface area contributed by atoms with Crippen LogP contribution in [-0.2, 0) is 16.1 Å². The zero-order valence-electron chi connectivity index (χ0n) is 19.8. The van der Waals surface area contributed by atoms with Crippen molar-refractivity contribution < 1.29 is 33.3 Å². The van der Waals surface area contributed by atoms with Crippen molar-refractivity contribution in [1.82, 2.24) is 9.88 Å². The van der Waals surface area contributed by atoms with Crippen molar-refractivity contribution in [2.24, 2.45) is 0 Å². The monoisotopic (exact) mass is 478 g/mol. The molecule has 1 aromatic heterocycles. The zero-order valence-corrected chi connectivity index (χ0v) is 19.8. The lowest BCUT2D eigenvalue weighted by Gasteiger charge is -2.11. The Kier molecular flexibility index (Phi) is 7.05. The van der Waals surface area contributed by atoms with E-state index in [-0.39, 0.29) is 19.1 Å². The fourth-order valence-electron chi connectivity index (χ4n) is 3.82. The molecule has 0 radical (unpaired) electrons. The summed E-state index contributed by atoms with van der Waals surface area (Å²) >= 11 is 0. The molecule has 9 heteroatoms. The molecule has 0 atom stereocenters. The summed E-state index contributed by atoms with van der Waals surface area (Å²) in [5, 5.41) is 2.48. The first-order valence-electron chi connectivity index (χ1n) is 11.0. The average Bonchev–Trinajstić information content (AvgIpc) is 3.45. The van der Waals surface area contributed by atoms with Crippen LogP contribution in [0.25, 0.3) is 0 Å². The number of fused-ring (bicyclic) bond motifs is 1. The molecule has 0 unspecified atom stereocenters. The summed E-state index contributed by atoms with van der Waals surface area (Å²) in [6, 6.07) is 14.0. The summed E-state index contributed by atoms with van der Waals surface area (Å²) in [6.45, 7) is 3.77. The number of hydrogen-bond acceptors (Lipinski definition) is 7. The van der Waals surface area contributed by atoms with Crippen LogP contribution < -0.4 is 19.5 Å². The molecule has 0 bridgehead atoms. The summed E-state index contributed by atoms with van der Waals surface area (Å²) in [6.07, 6.45) is 0. The Balaban J connectivity index is 1.30. The van der Waals surface area contributed by atoms with Crippen molar-refractivity contribution in [3.05, 3.63) is 76.6 Å². The highest BCUT2D eigenvalue weighted by molar-refractivity contribution is 6.00. The number of rotatable bonds is 9. The first-order valence-corrected chi connectivity index (χ1v) is 11.0. The van der Waals surface area contributed by atoms with Gasteiger partial charge in [0.15, 0.2) is 18.1 Å². The number of methoxy groups -OCH3 is 1. The standard InChI is InChI=1S/C26H26N2O7/c1-16-10-21(17(2)28(16)13-18-4-9-23-24(11-18)35-15-34-23)22(29)14-33-25(30)12-27-26(31)19-5-7-20(32-3)8-6-19/h4-11H,12-15H2,1-3H3,(H,27,31). The molecule has 1 aliphatic heterocycles. The lowest BCUT2D eigenvalue weighted by atomic mass is 10.1. The van der Waals surface area contributed by atoms with Gasteiger partial charge in [-0.2, -0.15) is 0 Å². The van der Waals surface area contributed by atoms with Gasteiger partial charge in [-0.25, -0.2) is 0 Å². The molecule has 2 aromatic carbocycles. The Labute approximate surface area is 202 Å². The van der Waals surface area contributed by atoms with Gasteiger partial charge in [0.25, 0.3) is 5.91 Å². The minimum Gasteiger partial charge on any atom is -0.497 e. The Bertz CT molecular complexity index is 1260. The van der Waals surface area contributed by atoms with E-state index in [4.69, 9.17) is 18.9 Å². The number of carbonyl (C=O) groups is 3. The molecule has 1 aliphatic rings. The quantitative estimate of drug-likeness (QED) is 0.372. The summed E-state index contributed by atoms with van der Waals surface area (Å²) in [7, 11) is 1.53. The Morgan fingerprint density at radius 1 is 1.00 bits per heavy atom. The van der Waals surface area contributed by atoms with E-state index in [1.165, 1.54) is 7.11 Å². The van der Waals surface area contributed by atoms with E-state index in [0.29, 0.717) is 34.9 Å². The van der Waals surface area contributed by atoms with E-state index in [0.717, 1.165) is 17.0 Å². The topological polar surface area (TPSA) is 105 Å². The number of Topliss-reactive ketones (excluding diaryl/α,β-unsaturated/α-hetero) is 1. The molecule has 0 saturated heterocycles.